The smallest absolute Gasteiger partial charge is 0.327 e. The van der Waals surface area contributed by atoms with E-state index in [0.29, 0.717) is 6.42 Å². The molecule has 18 heavy (non-hydrogen) atoms. The van der Waals surface area contributed by atoms with Gasteiger partial charge in [0.05, 0.1) is 18.1 Å². The highest BCUT2D eigenvalue weighted by Crippen LogP contribution is 2.19. The predicted octanol–water partition coefficient (Wildman–Crippen LogP) is 1.02. The number of nitrogens with one attached hydrogen (secondary N) is 2. The van der Waals surface area contributed by atoms with Gasteiger partial charge in [-0.3, -0.25) is 9.55 Å². The molecule has 0 saturated carbocycles. The van der Waals surface area contributed by atoms with Crippen LogP contribution in [0, 0.1) is 6.92 Å². The average molecular weight is 274 g/mol. The molecule has 0 aliphatic carbocycles. The van der Waals surface area contributed by atoms with Crippen LogP contribution in [0.1, 0.15) is 37.2 Å². The molecule has 1 heterocycles. The Morgan fingerprint density at radius 3 is 2.72 bits per heavy atom. The maximum atomic E-state index is 11.1. The summed E-state index contributed by atoms with van der Waals surface area (Å²) in [5.41, 5.74) is 1.58. The molecule has 0 amide bonds. The van der Waals surface area contributed by atoms with Crippen LogP contribution in [-0.4, -0.2) is 35.2 Å². The second-order valence-electron chi connectivity index (χ2n) is 3.90. The van der Waals surface area contributed by atoms with Gasteiger partial charge in [-0.1, -0.05) is 13.3 Å². The minimum absolute atomic E-state index is 0.304. The van der Waals surface area contributed by atoms with E-state index in [4.69, 9.17) is 4.55 Å². The van der Waals surface area contributed by atoms with Crippen molar-refractivity contribution in [2.24, 2.45) is 4.99 Å². The Kier molecular flexibility index (Phi) is 4.85. The van der Waals surface area contributed by atoms with E-state index in [0.717, 1.165) is 17.8 Å². The monoisotopic (exact) mass is 274 g/mol. The zero-order chi connectivity index (χ0) is 13.8. The van der Waals surface area contributed by atoms with Gasteiger partial charge in [-0.25, -0.2) is 4.98 Å². The van der Waals surface area contributed by atoms with Gasteiger partial charge >= 0.3 is 10.1 Å². The van der Waals surface area contributed by atoms with E-state index in [9.17, 15) is 8.42 Å². The van der Waals surface area contributed by atoms with E-state index < -0.39 is 15.3 Å². The fourth-order valence-corrected chi connectivity index (χ4v) is 2.21. The molecule has 0 aromatic carbocycles. The molecular formula is C10H18N4O3S. The van der Waals surface area contributed by atoms with Gasteiger partial charge in [0, 0.05) is 12.7 Å². The van der Waals surface area contributed by atoms with Gasteiger partial charge in [-0.2, -0.15) is 8.42 Å². The van der Waals surface area contributed by atoms with Crippen molar-refractivity contribution in [3.8, 4) is 0 Å². The van der Waals surface area contributed by atoms with Gasteiger partial charge < -0.3 is 10.3 Å². The van der Waals surface area contributed by atoms with Gasteiger partial charge in [0.2, 0.25) is 5.17 Å². The molecule has 0 radical (unpaired) electrons. The number of aromatic amines is 1. The Hall–Kier alpha value is -1.41. The summed E-state index contributed by atoms with van der Waals surface area (Å²) >= 11 is 0. The lowest BCUT2D eigenvalue weighted by Gasteiger charge is -2.18. The molecule has 1 rings (SSSR count). The number of H-pyrrole nitrogens is 1. The molecule has 0 bridgehead atoms. The number of nitrogens with zero attached hydrogens (tertiary/aromatic N) is 2. The molecule has 1 unspecified atom stereocenters. The molecule has 7 nitrogen and oxygen atoms in total. The SMILES string of the molecule is CCCC(NC(=NC)S(=O)(=O)O)c1nc[nH]c1C. The second-order valence-corrected chi connectivity index (χ2v) is 5.24. The van der Waals surface area contributed by atoms with Crippen LogP contribution in [0.15, 0.2) is 11.3 Å². The molecule has 3 N–H and O–H groups in total. The summed E-state index contributed by atoms with van der Waals surface area (Å²) in [5, 5.41) is 2.28. The number of aryl methyl sites for hydroxylation is 1. The molecule has 8 heteroatoms. The number of aromatic nitrogens is 2. The van der Waals surface area contributed by atoms with Crippen molar-refractivity contribution in [1.82, 2.24) is 15.3 Å². The van der Waals surface area contributed by atoms with Crippen molar-refractivity contribution < 1.29 is 13.0 Å². The van der Waals surface area contributed by atoms with E-state index in [1.54, 1.807) is 6.33 Å². The summed E-state index contributed by atoms with van der Waals surface area (Å²) in [6, 6.07) is -0.304. The van der Waals surface area contributed by atoms with E-state index in [1.807, 2.05) is 13.8 Å². The zero-order valence-electron chi connectivity index (χ0n) is 10.6. The van der Waals surface area contributed by atoms with Gasteiger partial charge in [0.25, 0.3) is 0 Å². The number of hydrogen-bond donors (Lipinski definition) is 3. The van der Waals surface area contributed by atoms with Crippen molar-refractivity contribution in [2.75, 3.05) is 7.05 Å². The van der Waals surface area contributed by atoms with Crippen LogP contribution >= 0.6 is 0 Å². The topological polar surface area (TPSA) is 107 Å². The summed E-state index contributed by atoms with van der Waals surface area (Å²) in [6.45, 7) is 3.83. The highest BCUT2D eigenvalue weighted by Gasteiger charge is 2.22. The maximum absolute atomic E-state index is 11.1. The van der Waals surface area contributed by atoms with Crippen molar-refractivity contribution in [3.63, 3.8) is 0 Å². The van der Waals surface area contributed by atoms with Crippen LogP contribution in [0.3, 0.4) is 0 Å². The first-order chi connectivity index (χ1) is 8.40. The Morgan fingerprint density at radius 1 is 1.67 bits per heavy atom. The number of rotatable bonds is 4. The lowest BCUT2D eigenvalue weighted by atomic mass is 10.1. The van der Waals surface area contributed by atoms with Gasteiger partial charge in [-0.05, 0) is 13.3 Å². The lowest BCUT2D eigenvalue weighted by molar-refractivity contribution is 0.492. The highest BCUT2D eigenvalue weighted by atomic mass is 32.2. The highest BCUT2D eigenvalue weighted by molar-refractivity contribution is 8.01. The molecule has 102 valence electrons. The van der Waals surface area contributed by atoms with Crippen molar-refractivity contribution in [3.05, 3.63) is 17.7 Å². The van der Waals surface area contributed by atoms with Crippen LogP contribution in [0.4, 0.5) is 0 Å². The van der Waals surface area contributed by atoms with Crippen LogP contribution in [0.2, 0.25) is 0 Å². The fraction of sp³-hybridized carbons (Fsp3) is 0.600. The maximum Gasteiger partial charge on any atom is 0.327 e. The second kappa shape index (κ2) is 5.96. The summed E-state index contributed by atoms with van der Waals surface area (Å²) in [7, 11) is -3.03. The molecular weight excluding hydrogens is 256 g/mol. The lowest BCUT2D eigenvalue weighted by Crippen LogP contribution is -2.34. The first kappa shape index (κ1) is 14.7. The molecule has 1 atom stereocenters. The molecule has 1 aromatic heterocycles. The zero-order valence-corrected chi connectivity index (χ0v) is 11.5. The molecule has 0 aliphatic rings. The number of imidazole rings is 1. The van der Waals surface area contributed by atoms with Crippen molar-refractivity contribution in [1.29, 1.82) is 0 Å². The average Bonchev–Trinajstić information content (AvgIpc) is 2.69. The largest absolute Gasteiger partial charge is 0.350 e. The van der Waals surface area contributed by atoms with E-state index in [1.165, 1.54) is 7.05 Å². The predicted molar refractivity (Wildman–Crippen MR) is 69.0 cm³/mol. The van der Waals surface area contributed by atoms with Crippen LogP contribution in [0.25, 0.3) is 0 Å². The Balaban J connectivity index is 2.98. The first-order valence-corrected chi connectivity index (χ1v) is 7.04. The third-order valence-electron chi connectivity index (χ3n) is 2.52. The van der Waals surface area contributed by atoms with Crippen LogP contribution in [-0.2, 0) is 10.1 Å². The van der Waals surface area contributed by atoms with Crippen LogP contribution in [0.5, 0.6) is 0 Å². The minimum atomic E-state index is -4.33. The van der Waals surface area contributed by atoms with Crippen molar-refractivity contribution in [2.45, 2.75) is 32.7 Å². The Bertz CT molecular complexity index is 521. The van der Waals surface area contributed by atoms with Crippen molar-refractivity contribution >= 4 is 15.3 Å². The van der Waals surface area contributed by atoms with Crippen LogP contribution < -0.4 is 5.32 Å². The molecule has 0 aliphatic heterocycles. The summed E-state index contributed by atoms with van der Waals surface area (Å²) in [4.78, 5) is 10.6. The number of aliphatic imine (C=N–C) groups is 1. The van der Waals surface area contributed by atoms with E-state index >= 15 is 0 Å². The van der Waals surface area contributed by atoms with Gasteiger partial charge in [0.15, 0.2) is 0 Å². The normalized spacial score (nSPS) is 14.6. The third-order valence-corrected chi connectivity index (χ3v) is 3.31. The molecule has 0 saturated heterocycles. The summed E-state index contributed by atoms with van der Waals surface area (Å²) < 4.78 is 31.2. The third kappa shape index (κ3) is 3.54. The number of hydrogen-bond acceptors (Lipinski definition) is 4. The standard InChI is InChI=1S/C10H18N4O3S/c1-4-5-8(9-7(2)12-6-13-9)14-10(11-3)18(15,16)17/h6,8H,4-5H2,1-3H3,(H,11,14)(H,12,13)(H,15,16,17). The quantitative estimate of drug-likeness (QED) is 0.431. The molecule has 0 fully saturated rings. The molecule has 1 aromatic rings. The summed E-state index contributed by atoms with van der Waals surface area (Å²) in [5.74, 6) is 0. The molecule has 0 spiro atoms. The minimum Gasteiger partial charge on any atom is -0.350 e. The van der Waals surface area contributed by atoms with E-state index in [-0.39, 0.29) is 6.04 Å². The first-order valence-electron chi connectivity index (χ1n) is 5.60. The fourth-order valence-electron chi connectivity index (χ4n) is 1.69. The Morgan fingerprint density at radius 2 is 2.33 bits per heavy atom. The number of amidine groups is 1. The Labute approximate surface area is 106 Å². The van der Waals surface area contributed by atoms with Gasteiger partial charge in [0.1, 0.15) is 0 Å². The van der Waals surface area contributed by atoms with Gasteiger partial charge in [-0.15, -0.1) is 0 Å². The summed E-state index contributed by atoms with van der Waals surface area (Å²) in [6.07, 6.45) is 3.07. The van der Waals surface area contributed by atoms with E-state index in [2.05, 4.69) is 20.3 Å².